The molecule has 2 heterocycles. The maximum Gasteiger partial charge on any atom is 0.251 e. The summed E-state index contributed by atoms with van der Waals surface area (Å²) in [6.45, 7) is 10.1. The number of hydrogen-bond donors (Lipinski definition) is 2. The van der Waals surface area contributed by atoms with E-state index in [2.05, 4.69) is 58.2 Å². The molecule has 3 rings (SSSR count). The van der Waals surface area contributed by atoms with Gasteiger partial charge in [0.2, 0.25) is 0 Å². The van der Waals surface area contributed by atoms with Crippen molar-refractivity contribution in [1.29, 1.82) is 0 Å². The van der Waals surface area contributed by atoms with Crippen molar-refractivity contribution < 1.29 is 4.79 Å². The number of nitrogens with one attached hydrogen (secondary N) is 2. The average molecular weight is 399 g/mol. The highest BCUT2D eigenvalue weighted by Gasteiger charge is 2.14. The van der Waals surface area contributed by atoms with Crippen molar-refractivity contribution in [1.82, 2.24) is 25.2 Å². The van der Waals surface area contributed by atoms with E-state index in [4.69, 9.17) is 0 Å². The third-order valence-electron chi connectivity index (χ3n) is 4.45. The fourth-order valence-corrected chi connectivity index (χ4v) is 4.02. The number of rotatable bonds is 8. The Morgan fingerprint density at radius 1 is 1.18 bits per heavy atom. The lowest BCUT2D eigenvalue weighted by Crippen LogP contribution is -2.42. The van der Waals surface area contributed by atoms with Gasteiger partial charge in [0.25, 0.3) is 5.91 Å². The molecule has 0 saturated carbocycles. The van der Waals surface area contributed by atoms with Crippen LogP contribution in [0, 0.1) is 0 Å². The number of aromatic nitrogens is 3. The molecule has 8 heteroatoms. The minimum atomic E-state index is -0.0620. The van der Waals surface area contributed by atoms with Crippen LogP contribution in [0.4, 0.5) is 10.9 Å². The highest BCUT2D eigenvalue weighted by atomic mass is 32.1. The van der Waals surface area contributed by atoms with Gasteiger partial charge in [-0.15, -0.1) is 0 Å². The van der Waals surface area contributed by atoms with Crippen molar-refractivity contribution in [2.45, 2.75) is 39.8 Å². The molecule has 1 amide bonds. The van der Waals surface area contributed by atoms with Gasteiger partial charge in [0, 0.05) is 36.9 Å². The molecule has 0 radical (unpaired) electrons. The Balaban J connectivity index is 1.64. The lowest BCUT2D eigenvalue weighted by molar-refractivity contribution is 0.0939. The number of carbonyl (C=O) groups is 1. The van der Waals surface area contributed by atoms with Gasteiger partial charge >= 0.3 is 0 Å². The van der Waals surface area contributed by atoms with Crippen LogP contribution in [0.2, 0.25) is 0 Å². The molecule has 28 heavy (non-hydrogen) atoms. The Labute approximate surface area is 169 Å². The molecular formula is C20H26N6OS. The van der Waals surface area contributed by atoms with Gasteiger partial charge in [-0.2, -0.15) is 0 Å². The van der Waals surface area contributed by atoms with E-state index in [1.165, 1.54) is 17.7 Å². The zero-order valence-electron chi connectivity index (χ0n) is 16.6. The Kier molecular flexibility index (Phi) is 6.53. The van der Waals surface area contributed by atoms with Crippen LogP contribution in [0.15, 0.2) is 36.8 Å². The summed E-state index contributed by atoms with van der Waals surface area (Å²) in [7, 11) is 0. The van der Waals surface area contributed by atoms with Gasteiger partial charge in [-0.1, -0.05) is 11.3 Å². The van der Waals surface area contributed by atoms with Crippen LogP contribution in [0.1, 0.15) is 38.1 Å². The number of nitrogens with zero attached hydrogens (tertiary/aromatic N) is 4. The van der Waals surface area contributed by atoms with Crippen LogP contribution in [0.25, 0.3) is 10.2 Å². The van der Waals surface area contributed by atoms with Crippen molar-refractivity contribution >= 4 is 38.4 Å². The van der Waals surface area contributed by atoms with Crippen molar-refractivity contribution in [2.75, 3.05) is 18.4 Å². The number of thiazole rings is 1. The van der Waals surface area contributed by atoms with Gasteiger partial charge in [-0.05, 0) is 52.0 Å². The molecule has 7 nitrogen and oxygen atoms in total. The lowest BCUT2D eigenvalue weighted by Gasteiger charge is -2.30. The van der Waals surface area contributed by atoms with Gasteiger partial charge in [0.15, 0.2) is 5.13 Å². The van der Waals surface area contributed by atoms with Gasteiger partial charge < -0.3 is 10.6 Å². The molecule has 1 aromatic carbocycles. The molecule has 148 valence electrons. The summed E-state index contributed by atoms with van der Waals surface area (Å²) in [6, 6.07) is 8.26. The zero-order chi connectivity index (χ0) is 20.1. The van der Waals surface area contributed by atoms with E-state index in [9.17, 15) is 4.79 Å². The summed E-state index contributed by atoms with van der Waals surface area (Å²) in [4.78, 5) is 27.5. The highest BCUT2D eigenvalue weighted by Crippen LogP contribution is 2.28. The molecular weight excluding hydrogens is 372 g/mol. The summed E-state index contributed by atoms with van der Waals surface area (Å²) in [5, 5.41) is 6.91. The monoisotopic (exact) mass is 398 g/mol. The second kappa shape index (κ2) is 9.07. The van der Waals surface area contributed by atoms with Crippen LogP contribution < -0.4 is 10.6 Å². The van der Waals surface area contributed by atoms with Gasteiger partial charge in [-0.25, -0.2) is 15.0 Å². The fourth-order valence-electron chi connectivity index (χ4n) is 3.11. The summed E-state index contributed by atoms with van der Waals surface area (Å²) < 4.78 is 0.954. The Bertz CT molecular complexity index is 917. The maximum atomic E-state index is 12.5. The van der Waals surface area contributed by atoms with E-state index in [1.807, 2.05) is 18.2 Å². The van der Waals surface area contributed by atoms with Gasteiger partial charge in [-0.3, -0.25) is 9.69 Å². The first-order valence-corrected chi connectivity index (χ1v) is 10.2. The van der Waals surface area contributed by atoms with E-state index < -0.39 is 0 Å². The number of anilines is 2. The SMILES string of the molecule is CC(C)N(CCNC(=O)c1ccc2nc(Nc3ccncn3)sc2c1)C(C)C. The van der Waals surface area contributed by atoms with Crippen molar-refractivity contribution in [3.8, 4) is 0 Å². The van der Waals surface area contributed by atoms with Crippen LogP contribution >= 0.6 is 11.3 Å². The number of carbonyl (C=O) groups excluding carboxylic acids is 1. The Morgan fingerprint density at radius 3 is 2.64 bits per heavy atom. The minimum absolute atomic E-state index is 0.0620. The molecule has 3 aromatic rings. The second-order valence-electron chi connectivity index (χ2n) is 7.10. The quantitative estimate of drug-likeness (QED) is 0.602. The number of fused-ring (bicyclic) bond motifs is 1. The molecule has 0 aliphatic rings. The zero-order valence-corrected chi connectivity index (χ0v) is 17.5. The van der Waals surface area contributed by atoms with Crippen LogP contribution in [-0.2, 0) is 0 Å². The first-order chi connectivity index (χ1) is 13.4. The molecule has 2 N–H and O–H groups in total. The summed E-state index contributed by atoms with van der Waals surface area (Å²) in [5.41, 5.74) is 1.49. The molecule has 0 aliphatic carbocycles. The Morgan fingerprint density at radius 2 is 1.96 bits per heavy atom. The molecule has 0 spiro atoms. The first kappa shape index (κ1) is 20.2. The van der Waals surface area contributed by atoms with Crippen molar-refractivity contribution in [3.05, 3.63) is 42.4 Å². The molecule has 0 bridgehead atoms. The van der Waals surface area contributed by atoms with E-state index >= 15 is 0 Å². The van der Waals surface area contributed by atoms with E-state index in [0.29, 0.717) is 30.0 Å². The first-order valence-electron chi connectivity index (χ1n) is 9.41. The van der Waals surface area contributed by atoms with Crippen LogP contribution in [0.5, 0.6) is 0 Å². The van der Waals surface area contributed by atoms with Crippen molar-refractivity contribution in [2.24, 2.45) is 0 Å². The van der Waals surface area contributed by atoms with E-state index in [-0.39, 0.29) is 5.91 Å². The normalized spacial score (nSPS) is 11.5. The maximum absolute atomic E-state index is 12.5. The van der Waals surface area contributed by atoms with Crippen molar-refractivity contribution in [3.63, 3.8) is 0 Å². The lowest BCUT2D eigenvalue weighted by atomic mass is 10.2. The van der Waals surface area contributed by atoms with Gasteiger partial charge in [0.1, 0.15) is 12.1 Å². The smallest absolute Gasteiger partial charge is 0.251 e. The number of amides is 1. The fraction of sp³-hybridized carbons (Fsp3) is 0.400. The second-order valence-corrected chi connectivity index (χ2v) is 8.13. The van der Waals surface area contributed by atoms with Gasteiger partial charge in [0.05, 0.1) is 10.2 Å². The largest absolute Gasteiger partial charge is 0.351 e. The molecule has 0 saturated heterocycles. The number of benzene rings is 1. The highest BCUT2D eigenvalue weighted by molar-refractivity contribution is 7.22. The van der Waals surface area contributed by atoms with E-state index in [0.717, 1.165) is 21.9 Å². The Hall–Kier alpha value is -2.58. The molecule has 0 unspecified atom stereocenters. The van der Waals surface area contributed by atoms with E-state index in [1.54, 1.807) is 12.3 Å². The third-order valence-corrected chi connectivity index (χ3v) is 5.38. The summed E-state index contributed by atoms with van der Waals surface area (Å²) >= 11 is 1.49. The third kappa shape index (κ3) is 5.02. The number of hydrogen-bond acceptors (Lipinski definition) is 7. The minimum Gasteiger partial charge on any atom is -0.351 e. The standard InChI is InChI=1S/C20H26N6OS/c1-13(2)26(14(3)4)10-9-22-19(27)15-5-6-16-17(11-15)28-20(24-16)25-18-7-8-21-12-23-18/h5-8,11-14H,9-10H2,1-4H3,(H,22,27)(H,21,23,24,25). The average Bonchev–Trinajstić information content (AvgIpc) is 3.06. The molecule has 0 fully saturated rings. The summed E-state index contributed by atoms with van der Waals surface area (Å²) in [6.07, 6.45) is 3.16. The molecule has 0 atom stereocenters. The van der Waals surface area contributed by atoms with Crippen LogP contribution in [0.3, 0.4) is 0 Å². The predicted octanol–water partition coefficient (Wildman–Crippen LogP) is 3.68. The van der Waals surface area contributed by atoms with Crippen LogP contribution in [-0.4, -0.2) is 50.9 Å². The topological polar surface area (TPSA) is 83.0 Å². The predicted molar refractivity (Wildman–Crippen MR) is 114 cm³/mol. The molecule has 2 aromatic heterocycles. The molecule has 0 aliphatic heterocycles. The summed E-state index contributed by atoms with van der Waals surface area (Å²) in [5.74, 6) is 0.625.